The second-order valence-electron chi connectivity index (χ2n) is 9.68. The van der Waals surface area contributed by atoms with Gasteiger partial charge in [0.1, 0.15) is 11.8 Å². The molecule has 1 fully saturated rings. The number of carbonyl (C=O) groups excluding carboxylic acids is 1. The summed E-state index contributed by atoms with van der Waals surface area (Å²) in [6.45, 7) is 5.49. The fourth-order valence-corrected chi connectivity index (χ4v) is 6.36. The van der Waals surface area contributed by atoms with Gasteiger partial charge in [-0.3, -0.25) is 9.69 Å². The summed E-state index contributed by atoms with van der Waals surface area (Å²) in [4.78, 5) is 17.7. The number of piperazine rings is 1. The summed E-state index contributed by atoms with van der Waals surface area (Å²) in [6, 6.07) is 18.6. The minimum Gasteiger partial charge on any atom is -0.492 e. The lowest BCUT2D eigenvalue weighted by molar-refractivity contribution is -0.134. The molecule has 0 radical (unpaired) electrons. The van der Waals surface area contributed by atoms with Crippen LogP contribution in [0.3, 0.4) is 0 Å². The molecule has 1 N–H and O–H groups in total. The van der Waals surface area contributed by atoms with E-state index in [0.717, 1.165) is 29.2 Å². The zero-order valence-electron chi connectivity index (χ0n) is 22.2. The molecular weight excluding hydrogens is 554 g/mol. The van der Waals surface area contributed by atoms with Crippen LogP contribution in [0.2, 0.25) is 5.02 Å². The van der Waals surface area contributed by atoms with Gasteiger partial charge in [0.15, 0.2) is 11.5 Å². The lowest BCUT2D eigenvalue weighted by Crippen LogP contribution is -2.55. The van der Waals surface area contributed by atoms with Crippen LogP contribution < -0.4 is 18.9 Å². The van der Waals surface area contributed by atoms with E-state index in [1.165, 1.54) is 18.2 Å². The van der Waals surface area contributed by atoms with Crippen LogP contribution in [0.25, 0.3) is 0 Å². The number of amides is 1. The molecule has 1 amide bonds. The Balaban J connectivity index is 1.27. The van der Waals surface area contributed by atoms with Crippen LogP contribution in [0.5, 0.6) is 17.2 Å². The van der Waals surface area contributed by atoms with E-state index in [1.54, 1.807) is 4.90 Å². The summed E-state index contributed by atoms with van der Waals surface area (Å²) in [5.41, 5.74) is 1.96. The maximum absolute atomic E-state index is 13.7. The first-order valence-corrected chi connectivity index (χ1v) is 15.1. The summed E-state index contributed by atoms with van der Waals surface area (Å²) >= 11 is 6.25. The summed E-state index contributed by atoms with van der Waals surface area (Å²) in [5, 5.41) is 0.189. The molecule has 11 heteroatoms. The normalized spacial score (nSPS) is 16.1. The summed E-state index contributed by atoms with van der Waals surface area (Å²) in [6.07, 6.45) is 0.223. The highest BCUT2D eigenvalue weighted by atomic mass is 35.5. The highest BCUT2D eigenvalue weighted by molar-refractivity contribution is 7.89. The average Bonchev–Trinajstić information content (AvgIpc) is 3.42. The molecule has 3 aromatic rings. The third-order valence-electron chi connectivity index (χ3n) is 6.92. The Morgan fingerprint density at radius 2 is 1.73 bits per heavy atom. The van der Waals surface area contributed by atoms with Crippen molar-refractivity contribution in [1.82, 2.24) is 14.5 Å². The molecule has 2 aliphatic heterocycles. The van der Waals surface area contributed by atoms with Crippen LogP contribution >= 0.6 is 11.6 Å². The third-order valence-corrected chi connectivity index (χ3v) is 8.68. The molecule has 1 unspecified atom stereocenters. The smallest absolute Gasteiger partial charge is 0.241 e. The predicted molar refractivity (Wildman–Crippen MR) is 151 cm³/mol. The van der Waals surface area contributed by atoms with Gasteiger partial charge in [0.05, 0.1) is 16.5 Å². The van der Waals surface area contributed by atoms with E-state index in [2.05, 4.69) is 9.62 Å². The van der Waals surface area contributed by atoms with E-state index < -0.39 is 16.1 Å². The van der Waals surface area contributed by atoms with Crippen LogP contribution in [0.4, 0.5) is 0 Å². The van der Waals surface area contributed by atoms with Gasteiger partial charge < -0.3 is 19.1 Å². The second kappa shape index (κ2) is 12.5. The number of fused-ring (bicyclic) bond motifs is 1. The van der Waals surface area contributed by atoms with Gasteiger partial charge in [0.2, 0.25) is 22.7 Å². The van der Waals surface area contributed by atoms with Crippen molar-refractivity contribution in [3.8, 4) is 17.2 Å². The van der Waals surface area contributed by atoms with Crippen molar-refractivity contribution in [2.45, 2.75) is 30.8 Å². The number of sulfonamides is 1. The van der Waals surface area contributed by atoms with Crippen molar-refractivity contribution in [3.05, 3.63) is 82.9 Å². The zero-order valence-corrected chi connectivity index (χ0v) is 23.8. The van der Waals surface area contributed by atoms with Gasteiger partial charge in [-0.1, -0.05) is 48.0 Å². The molecular formula is C29H32ClN3O6S. The number of hydrogen-bond donors (Lipinski definition) is 1. The van der Waals surface area contributed by atoms with Gasteiger partial charge in [-0.2, -0.15) is 4.72 Å². The fraction of sp³-hybridized carbons (Fsp3) is 0.345. The Kier molecular flexibility index (Phi) is 8.80. The molecule has 1 atom stereocenters. The fourth-order valence-electron chi connectivity index (χ4n) is 4.85. The molecule has 1 saturated heterocycles. The maximum Gasteiger partial charge on any atom is 0.241 e. The van der Waals surface area contributed by atoms with Gasteiger partial charge in [-0.25, -0.2) is 8.42 Å². The Hall–Kier alpha value is -3.31. The minimum atomic E-state index is -4.04. The average molecular weight is 586 g/mol. The Labute approximate surface area is 239 Å². The monoisotopic (exact) mass is 585 g/mol. The van der Waals surface area contributed by atoms with Crippen molar-refractivity contribution in [1.29, 1.82) is 0 Å². The SMILES string of the molecule is CCOc1ccc(S(=O)(=O)NC(Cc2ccccc2)C(=O)N2CCN(Cc3ccc4c(c3)OCO4)CC2)cc1Cl. The topological polar surface area (TPSA) is 97.4 Å². The highest BCUT2D eigenvalue weighted by Gasteiger charge is 2.32. The molecule has 0 aromatic heterocycles. The van der Waals surface area contributed by atoms with Crippen LogP contribution in [-0.4, -0.2) is 69.7 Å². The van der Waals surface area contributed by atoms with Crippen molar-refractivity contribution in [3.63, 3.8) is 0 Å². The lowest BCUT2D eigenvalue weighted by Gasteiger charge is -2.36. The first-order chi connectivity index (χ1) is 19.3. The number of nitrogens with zero attached hydrogens (tertiary/aromatic N) is 2. The molecule has 2 heterocycles. The minimum absolute atomic E-state index is 0.0274. The van der Waals surface area contributed by atoms with E-state index in [-0.39, 0.29) is 29.0 Å². The van der Waals surface area contributed by atoms with Crippen molar-refractivity contribution in [2.75, 3.05) is 39.6 Å². The molecule has 9 nitrogen and oxygen atoms in total. The van der Waals surface area contributed by atoms with Crippen molar-refractivity contribution in [2.24, 2.45) is 0 Å². The van der Waals surface area contributed by atoms with Crippen LogP contribution in [0, 0.1) is 0 Å². The summed E-state index contributed by atoms with van der Waals surface area (Å²) < 4.78 is 45.7. The third kappa shape index (κ3) is 6.69. The van der Waals surface area contributed by atoms with Crippen molar-refractivity contribution < 1.29 is 27.4 Å². The first-order valence-electron chi connectivity index (χ1n) is 13.2. The zero-order chi connectivity index (χ0) is 28.1. The number of rotatable bonds is 10. The Bertz CT molecular complexity index is 1450. The number of benzene rings is 3. The van der Waals surface area contributed by atoms with Gasteiger partial charge in [0, 0.05) is 32.7 Å². The number of halogens is 1. The molecule has 2 aliphatic rings. The highest BCUT2D eigenvalue weighted by Crippen LogP contribution is 2.33. The molecule has 0 bridgehead atoms. The molecule has 0 spiro atoms. The molecule has 5 rings (SSSR count). The largest absolute Gasteiger partial charge is 0.492 e. The van der Waals surface area contributed by atoms with Crippen molar-refractivity contribution >= 4 is 27.5 Å². The van der Waals surface area contributed by atoms with Gasteiger partial charge in [0.25, 0.3) is 0 Å². The predicted octanol–water partition coefficient (Wildman–Crippen LogP) is 3.70. The summed E-state index contributed by atoms with van der Waals surface area (Å²) in [7, 11) is -4.04. The Morgan fingerprint density at radius 3 is 2.45 bits per heavy atom. The number of carbonyl (C=O) groups is 1. The van der Waals surface area contributed by atoms with E-state index >= 15 is 0 Å². The lowest BCUT2D eigenvalue weighted by atomic mass is 10.1. The summed E-state index contributed by atoms with van der Waals surface area (Å²) in [5.74, 6) is 1.64. The van der Waals surface area contributed by atoms with E-state index in [0.29, 0.717) is 38.5 Å². The molecule has 40 heavy (non-hydrogen) atoms. The quantitative estimate of drug-likeness (QED) is 0.387. The van der Waals surface area contributed by atoms with Gasteiger partial charge in [-0.15, -0.1) is 0 Å². The molecule has 3 aromatic carbocycles. The van der Waals surface area contributed by atoms with E-state index in [1.807, 2.05) is 55.5 Å². The van der Waals surface area contributed by atoms with Gasteiger partial charge >= 0.3 is 0 Å². The molecule has 212 valence electrons. The van der Waals surface area contributed by atoms with E-state index in [4.69, 9.17) is 25.8 Å². The van der Waals surface area contributed by atoms with Gasteiger partial charge in [-0.05, 0) is 54.8 Å². The maximum atomic E-state index is 13.7. The van der Waals surface area contributed by atoms with Crippen LogP contribution in [0.15, 0.2) is 71.6 Å². The Morgan fingerprint density at radius 1 is 0.975 bits per heavy atom. The molecule has 0 aliphatic carbocycles. The first kappa shape index (κ1) is 28.2. The molecule has 0 saturated carbocycles. The number of hydrogen-bond acceptors (Lipinski definition) is 7. The second-order valence-corrected chi connectivity index (χ2v) is 11.8. The van der Waals surface area contributed by atoms with E-state index in [9.17, 15) is 13.2 Å². The van der Waals surface area contributed by atoms with Crippen LogP contribution in [0.1, 0.15) is 18.1 Å². The standard InChI is InChI=1S/C29H32ClN3O6S/c1-2-37-26-11-9-23(18-24(26)30)40(35,36)31-25(16-21-6-4-3-5-7-21)29(34)33-14-12-32(13-15-33)19-22-8-10-27-28(17-22)39-20-38-27/h3-11,17-18,25,31H,2,12-16,19-20H2,1H3. The number of ether oxygens (including phenoxy) is 3. The van der Waals surface area contributed by atoms with Crippen LogP contribution in [-0.2, 0) is 27.8 Å². The number of nitrogens with one attached hydrogen (secondary N) is 1.